The molecule has 0 aliphatic rings. The first kappa shape index (κ1) is 14.4. The van der Waals surface area contributed by atoms with Gasteiger partial charge < -0.3 is 14.8 Å². The van der Waals surface area contributed by atoms with E-state index in [1.807, 2.05) is 0 Å². The Morgan fingerprint density at radius 3 is 2.40 bits per heavy atom. The first-order chi connectivity index (χ1) is 9.45. The van der Waals surface area contributed by atoms with Gasteiger partial charge in [0.05, 0.1) is 0 Å². The summed E-state index contributed by atoms with van der Waals surface area (Å²) in [5.41, 5.74) is 0.208. The van der Waals surface area contributed by atoms with Crippen molar-refractivity contribution in [2.24, 2.45) is 0 Å². The first-order valence-electron chi connectivity index (χ1n) is 5.69. The Balaban J connectivity index is 2.16. The predicted molar refractivity (Wildman–Crippen MR) is 66.9 cm³/mol. The number of hydrogen-bond acceptors (Lipinski definition) is 3. The molecular weight excluding hydrogens is 272 g/mol. The van der Waals surface area contributed by atoms with E-state index in [1.54, 1.807) is 0 Å². The van der Waals surface area contributed by atoms with Crippen LogP contribution in [0.15, 0.2) is 36.4 Å². The zero-order valence-corrected chi connectivity index (χ0v) is 10.2. The van der Waals surface area contributed by atoms with E-state index in [9.17, 15) is 13.2 Å². The van der Waals surface area contributed by atoms with Gasteiger partial charge in [-0.05, 0) is 35.3 Å². The molecule has 7 heteroatoms. The molecule has 0 bridgehead atoms. The Morgan fingerprint density at radius 2 is 1.70 bits per heavy atom. The van der Waals surface area contributed by atoms with Crippen molar-refractivity contribution in [1.82, 2.24) is 0 Å². The van der Waals surface area contributed by atoms with Crippen molar-refractivity contribution >= 4 is 12.6 Å². The van der Waals surface area contributed by atoms with Crippen LogP contribution in [0.5, 0.6) is 5.75 Å². The summed E-state index contributed by atoms with van der Waals surface area (Å²) in [6, 6.07) is 6.09. The molecule has 104 valence electrons. The third kappa shape index (κ3) is 3.52. The fourth-order valence-electron chi connectivity index (χ4n) is 1.66. The molecule has 0 unspecified atom stereocenters. The van der Waals surface area contributed by atoms with Gasteiger partial charge in [0.25, 0.3) is 0 Å². The molecule has 0 aliphatic carbocycles. The van der Waals surface area contributed by atoms with Crippen molar-refractivity contribution in [1.29, 1.82) is 0 Å². The van der Waals surface area contributed by atoms with Crippen LogP contribution in [0.3, 0.4) is 0 Å². The highest BCUT2D eigenvalue weighted by molar-refractivity contribution is 6.58. The SMILES string of the molecule is OB(O)c1cc(F)cc(COc2cc(F)ccc2F)c1. The van der Waals surface area contributed by atoms with Gasteiger partial charge in [0.1, 0.15) is 18.2 Å². The van der Waals surface area contributed by atoms with Crippen molar-refractivity contribution in [3.05, 3.63) is 59.4 Å². The molecule has 0 spiro atoms. The van der Waals surface area contributed by atoms with Crippen molar-refractivity contribution < 1.29 is 28.0 Å². The first-order valence-corrected chi connectivity index (χ1v) is 5.69. The van der Waals surface area contributed by atoms with Gasteiger partial charge in [-0.25, -0.2) is 13.2 Å². The van der Waals surface area contributed by atoms with Crippen LogP contribution < -0.4 is 10.2 Å². The number of rotatable bonds is 4. The second kappa shape index (κ2) is 5.98. The molecule has 2 aromatic rings. The lowest BCUT2D eigenvalue weighted by Gasteiger charge is -2.09. The van der Waals surface area contributed by atoms with Gasteiger partial charge in [-0.3, -0.25) is 0 Å². The molecule has 0 saturated carbocycles. The average molecular weight is 282 g/mol. The van der Waals surface area contributed by atoms with E-state index in [2.05, 4.69) is 0 Å². The summed E-state index contributed by atoms with van der Waals surface area (Å²) in [4.78, 5) is 0. The molecule has 2 N–H and O–H groups in total. The van der Waals surface area contributed by atoms with E-state index in [0.717, 1.165) is 30.3 Å². The Morgan fingerprint density at radius 1 is 0.950 bits per heavy atom. The van der Waals surface area contributed by atoms with Gasteiger partial charge in [-0.15, -0.1) is 0 Å². The molecule has 0 amide bonds. The summed E-state index contributed by atoms with van der Waals surface area (Å²) in [6.07, 6.45) is 0. The molecular formula is C13H10BF3O3. The van der Waals surface area contributed by atoms with Gasteiger partial charge in [0.15, 0.2) is 11.6 Å². The van der Waals surface area contributed by atoms with E-state index in [-0.39, 0.29) is 23.4 Å². The quantitative estimate of drug-likeness (QED) is 0.832. The van der Waals surface area contributed by atoms with Crippen LogP contribution in [0.4, 0.5) is 13.2 Å². The molecule has 0 aliphatic heterocycles. The van der Waals surface area contributed by atoms with Crippen LogP contribution in [0, 0.1) is 17.5 Å². The fraction of sp³-hybridized carbons (Fsp3) is 0.0769. The summed E-state index contributed by atoms with van der Waals surface area (Å²) in [5.74, 6) is -2.40. The van der Waals surface area contributed by atoms with Crippen LogP contribution in [0.25, 0.3) is 0 Å². The molecule has 20 heavy (non-hydrogen) atoms. The maximum absolute atomic E-state index is 13.3. The largest absolute Gasteiger partial charge is 0.488 e. The smallest absolute Gasteiger partial charge is 0.486 e. The molecule has 0 fully saturated rings. The van der Waals surface area contributed by atoms with E-state index >= 15 is 0 Å². The summed E-state index contributed by atoms with van der Waals surface area (Å²) < 4.78 is 44.5. The number of hydrogen-bond donors (Lipinski definition) is 2. The van der Waals surface area contributed by atoms with Gasteiger partial charge in [0.2, 0.25) is 0 Å². The zero-order chi connectivity index (χ0) is 14.7. The van der Waals surface area contributed by atoms with Crippen molar-refractivity contribution in [2.75, 3.05) is 0 Å². The molecule has 0 heterocycles. The normalized spacial score (nSPS) is 10.4. The minimum atomic E-state index is -1.82. The fourth-order valence-corrected chi connectivity index (χ4v) is 1.66. The lowest BCUT2D eigenvalue weighted by molar-refractivity contribution is 0.288. The monoisotopic (exact) mass is 282 g/mol. The summed E-state index contributed by atoms with van der Waals surface area (Å²) in [6.45, 7) is -0.238. The Bertz CT molecular complexity index is 620. The minimum absolute atomic E-state index is 0.0525. The van der Waals surface area contributed by atoms with Crippen molar-refractivity contribution in [2.45, 2.75) is 6.61 Å². The lowest BCUT2D eigenvalue weighted by Crippen LogP contribution is -2.30. The third-order valence-corrected chi connectivity index (χ3v) is 2.57. The average Bonchev–Trinajstić information content (AvgIpc) is 2.39. The molecule has 0 radical (unpaired) electrons. The van der Waals surface area contributed by atoms with E-state index in [4.69, 9.17) is 14.8 Å². The number of ether oxygens (including phenoxy) is 1. The summed E-state index contributed by atoms with van der Waals surface area (Å²) in [7, 11) is -1.82. The zero-order valence-electron chi connectivity index (χ0n) is 10.2. The topological polar surface area (TPSA) is 49.7 Å². The minimum Gasteiger partial charge on any atom is -0.486 e. The summed E-state index contributed by atoms with van der Waals surface area (Å²) in [5, 5.41) is 18.0. The number of halogens is 3. The van der Waals surface area contributed by atoms with Crippen LogP contribution in [-0.2, 0) is 6.61 Å². The molecule has 0 saturated heterocycles. The Hall–Kier alpha value is -1.99. The molecule has 2 rings (SSSR count). The summed E-state index contributed by atoms with van der Waals surface area (Å²) >= 11 is 0. The molecule has 0 atom stereocenters. The van der Waals surface area contributed by atoms with E-state index in [1.165, 1.54) is 6.07 Å². The van der Waals surface area contributed by atoms with Gasteiger partial charge in [-0.1, -0.05) is 6.07 Å². The van der Waals surface area contributed by atoms with Gasteiger partial charge >= 0.3 is 7.12 Å². The second-order valence-corrected chi connectivity index (χ2v) is 4.13. The number of benzene rings is 2. The maximum Gasteiger partial charge on any atom is 0.488 e. The maximum atomic E-state index is 13.3. The highest BCUT2D eigenvalue weighted by Crippen LogP contribution is 2.19. The van der Waals surface area contributed by atoms with Gasteiger partial charge in [-0.2, -0.15) is 0 Å². The molecule has 0 aromatic heterocycles. The van der Waals surface area contributed by atoms with E-state index < -0.39 is 24.6 Å². The van der Waals surface area contributed by atoms with Gasteiger partial charge in [0, 0.05) is 6.07 Å². The van der Waals surface area contributed by atoms with Crippen molar-refractivity contribution in [3.63, 3.8) is 0 Å². The van der Waals surface area contributed by atoms with Crippen molar-refractivity contribution in [3.8, 4) is 5.75 Å². The second-order valence-electron chi connectivity index (χ2n) is 4.13. The highest BCUT2D eigenvalue weighted by Gasteiger charge is 2.14. The van der Waals surface area contributed by atoms with Crippen LogP contribution in [0.1, 0.15) is 5.56 Å². The Labute approximate surface area is 113 Å². The third-order valence-electron chi connectivity index (χ3n) is 2.57. The lowest BCUT2D eigenvalue weighted by atomic mass is 9.79. The van der Waals surface area contributed by atoms with E-state index in [0.29, 0.717) is 0 Å². The van der Waals surface area contributed by atoms with Crippen LogP contribution in [-0.4, -0.2) is 17.2 Å². The van der Waals surface area contributed by atoms with Crippen LogP contribution in [0.2, 0.25) is 0 Å². The Kier molecular flexibility index (Phi) is 4.31. The molecule has 2 aromatic carbocycles. The molecule has 3 nitrogen and oxygen atoms in total. The predicted octanol–water partition coefficient (Wildman–Crippen LogP) is 1.36. The van der Waals surface area contributed by atoms with Crippen LogP contribution >= 0.6 is 0 Å². The standard InChI is InChI=1S/C13H10BF3O3/c15-10-1-2-12(17)13(6-10)20-7-8-3-9(14(18)19)5-11(16)4-8/h1-6,18-19H,7H2. The highest BCUT2D eigenvalue weighted by atomic mass is 19.1.